The number of nitrogens with zero attached hydrogens (tertiary/aromatic N) is 1. The molecule has 0 aromatic heterocycles. The Bertz CT molecular complexity index is 380. The summed E-state index contributed by atoms with van der Waals surface area (Å²) >= 11 is 1.66. The fourth-order valence-electron chi connectivity index (χ4n) is 1.66. The zero-order valence-corrected chi connectivity index (χ0v) is 12.2. The molecule has 0 fully saturated rings. The first-order chi connectivity index (χ1) is 8.04. The molecule has 96 valence electrons. The number of thioether (sulfide) groups is 1. The molecule has 0 heterocycles. The van der Waals surface area contributed by atoms with Gasteiger partial charge in [0, 0.05) is 11.6 Å². The minimum Gasteiger partial charge on any atom is -0.496 e. The van der Waals surface area contributed by atoms with Gasteiger partial charge in [0.05, 0.1) is 19.1 Å². The lowest BCUT2D eigenvalue weighted by Gasteiger charge is -2.23. The van der Waals surface area contributed by atoms with Gasteiger partial charge in [0.25, 0.3) is 0 Å². The lowest BCUT2D eigenvalue weighted by molar-refractivity contribution is 0.305. The second-order valence-electron chi connectivity index (χ2n) is 4.09. The SMILES string of the molecule is COc1cc(C(C)N(C)C)c(OC)cc1SC. The van der Waals surface area contributed by atoms with Gasteiger partial charge < -0.3 is 14.4 Å². The van der Waals surface area contributed by atoms with Crippen molar-refractivity contribution in [3.05, 3.63) is 17.7 Å². The molecule has 1 aromatic carbocycles. The number of hydrogen-bond acceptors (Lipinski definition) is 4. The number of hydrogen-bond donors (Lipinski definition) is 0. The van der Waals surface area contributed by atoms with Crippen LogP contribution in [0.2, 0.25) is 0 Å². The van der Waals surface area contributed by atoms with Crippen LogP contribution in [0, 0.1) is 0 Å². The maximum atomic E-state index is 5.46. The minimum absolute atomic E-state index is 0.287. The van der Waals surface area contributed by atoms with Gasteiger partial charge in [-0.15, -0.1) is 11.8 Å². The molecule has 0 aliphatic carbocycles. The summed E-state index contributed by atoms with van der Waals surface area (Å²) in [7, 11) is 7.52. The Hall–Kier alpha value is -0.870. The summed E-state index contributed by atoms with van der Waals surface area (Å²) in [5.74, 6) is 1.82. The topological polar surface area (TPSA) is 21.7 Å². The summed E-state index contributed by atoms with van der Waals surface area (Å²) in [5.41, 5.74) is 1.15. The van der Waals surface area contributed by atoms with E-state index in [0.29, 0.717) is 0 Å². The van der Waals surface area contributed by atoms with Crippen LogP contribution >= 0.6 is 11.8 Å². The Kier molecular flexibility index (Phi) is 5.15. The third kappa shape index (κ3) is 3.07. The number of rotatable bonds is 5. The van der Waals surface area contributed by atoms with Crippen LogP contribution in [0.5, 0.6) is 11.5 Å². The van der Waals surface area contributed by atoms with Crippen molar-refractivity contribution >= 4 is 11.8 Å². The predicted molar refractivity (Wildman–Crippen MR) is 73.4 cm³/mol. The predicted octanol–water partition coefficient (Wildman–Crippen LogP) is 3.05. The molecule has 0 aliphatic heterocycles. The van der Waals surface area contributed by atoms with Gasteiger partial charge >= 0.3 is 0 Å². The molecule has 1 rings (SSSR count). The highest BCUT2D eigenvalue weighted by Crippen LogP contribution is 2.38. The molecule has 1 unspecified atom stereocenters. The third-order valence-corrected chi connectivity index (χ3v) is 3.72. The molecule has 0 bridgehead atoms. The van der Waals surface area contributed by atoms with Crippen molar-refractivity contribution in [3.63, 3.8) is 0 Å². The number of ether oxygens (including phenoxy) is 2. The highest BCUT2D eigenvalue weighted by atomic mass is 32.2. The van der Waals surface area contributed by atoms with E-state index in [2.05, 4.69) is 32.0 Å². The molecule has 0 amide bonds. The van der Waals surface area contributed by atoms with Crippen molar-refractivity contribution < 1.29 is 9.47 Å². The minimum atomic E-state index is 0.287. The lowest BCUT2D eigenvalue weighted by atomic mass is 10.1. The summed E-state index contributed by atoms with van der Waals surface area (Å²) in [6.07, 6.45) is 2.03. The van der Waals surface area contributed by atoms with Crippen LogP contribution in [-0.4, -0.2) is 39.5 Å². The van der Waals surface area contributed by atoms with Crippen molar-refractivity contribution in [2.45, 2.75) is 17.9 Å². The van der Waals surface area contributed by atoms with Crippen molar-refractivity contribution in [3.8, 4) is 11.5 Å². The van der Waals surface area contributed by atoms with E-state index in [1.807, 2.05) is 12.3 Å². The summed E-state index contributed by atoms with van der Waals surface area (Å²) in [5, 5.41) is 0. The summed E-state index contributed by atoms with van der Waals surface area (Å²) in [6.45, 7) is 2.15. The van der Waals surface area contributed by atoms with Gasteiger partial charge in [-0.05, 0) is 39.4 Å². The van der Waals surface area contributed by atoms with Crippen LogP contribution in [0.15, 0.2) is 17.0 Å². The highest BCUT2D eigenvalue weighted by Gasteiger charge is 2.17. The molecular weight excluding hydrogens is 234 g/mol. The molecule has 17 heavy (non-hydrogen) atoms. The van der Waals surface area contributed by atoms with Crippen LogP contribution in [0.4, 0.5) is 0 Å². The fourth-order valence-corrected chi connectivity index (χ4v) is 2.23. The van der Waals surface area contributed by atoms with E-state index >= 15 is 0 Å². The van der Waals surface area contributed by atoms with E-state index in [0.717, 1.165) is 22.0 Å². The van der Waals surface area contributed by atoms with Crippen LogP contribution in [0.3, 0.4) is 0 Å². The largest absolute Gasteiger partial charge is 0.496 e. The highest BCUT2D eigenvalue weighted by molar-refractivity contribution is 7.98. The van der Waals surface area contributed by atoms with E-state index in [1.54, 1.807) is 26.0 Å². The standard InChI is InChI=1S/C13H21NO2S/c1-9(14(2)3)10-7-12(16-5)13(17-6)8-11(10)15-4/h7-9H,1-6H3. The van der Waals surface area contributed by atoms with Gasteiger partial charge in [-0.3, -0.25) is 0 Å². The van der Waals surface area contributed by atoms with Crippen molar-refractivity contribution in [2.75, 3.05) is 34.6 Å². The van der Waals surface area contributed by atoms with Gasteiger partial charge in [0.2, 0.25) is 0 Å². The van der Waals surface area contributed by atoms with E-state index < -0.39 is 0 Å². The Morgan fingerprint density at radius 3 is 2.12 bits per heavy atom. The Morgan fingerprint density at radius 1 is 1.12 bits per heavy atom. The van der Waals surface area contributed by atoms with E-state index in [1.165, 1.54) is 0 Å². The smallest absolute Gasteiger partial charge is 0.133 e. The first kappa shape index (κ1) is 14.2. The second kappa shape index (κ2) is 6.17. The number of benzene rings is 1. The van der Waals surface area contributed by atoms with Crippen molar-refractivity contribution in [1.29, 1.82) is 0 Å². The molecule has 0 N–H and O–H groups in total. The van der Waals surface area contributed by atoms with Gasteiger partial charge in [-0.25, -0.2) is 0 Å². The molecule has 0 spiro atoms. The quantitative estimate of drug-likeness (QED) is 0.754. The molecule has 0 radical (unpaired) electrons. The zero-order valence-electron chi connectivity index (χ0n) is 11.4. The van der Waals surface area contributed by atoms with Gasteiger partial charge in [0.1, 0.15) is 11.5 Å². The summed E-state index contributed by atoms with van der Waals surface area (Å²) in [6, 6.07) is 4.39. The molecule has 4 heteroatoms. The number of methoxy groups -OCH3 is 2. The second-order valence-corrected chi connectivity index (χ2v) is 4.94. The van der Waals surface area contributed by atoms with Crippen molar-refractivity contribution in [2.24, 2.45) is 0 Å². The van der Waals surface area contributed by atoms with Gasteiger partial charge in [-0.1, -0.05) is 0 Å². The van der Waals surface area contributed by atoms with Crippen LogP contribution < -0.4 is 9.47 Å². The van der Waals surface area contributed by atoms with Gasteiger partial charge in [0.15, 0.2) is 0 Å². The maximum absolute atomic E-state index is 5.46. The monoisotopic (exact) mass is 255 g/mol. The van der Waals surface area contributed by atoms with E-state index in [9.17, 15) is 0 Å². The van der Waals surface area contributed by atoms with Crippen LogP contribution in [0.25, 0.3) is 0 Å². The first-order valence-corrected chi connectivity index (χ1v) is 6.74. The third-order valence-electron chi connectivity index (χ3n) is 2.96. The average molecular weight is 255 g/mol. The average Bonchev–Trinajstić information content (AvgIpc) is 2.35. The molecular formula is C13H21NO2S. The zero-order chi connectivity index (χ0) is 13.0. The Morgan fingerprint density at radius 2 is 1.71 bits per heavy atom. The normalized spacial score (nSPS) is 12.6. The Labute approximate surface area is 108 Å². The molecule has 3 nitrogen and oxygen atoms in total. The molecule has 1 aromatic rings. The summed E-state index contributed by atoms with van der Waals surface area (Å²) in [4.78, 5) is 3.25. The molecule has 0 saturated carbocycles. The lowest BCUT2D eigenvalue weighted by Crippen LogP contribution is -2.17. The Balaban J connectivity index is 3.28. The fraction of sp³-hybridized carbons (Fsp3) is 0.538. The first-order valence-electron chi connectivity index (χ1n) is 5.51. The maximum Gasteiger partial charge on any atom is 0.133 e. The van der Waals surface area contributed by atoms with E-state index in [-0.39, 0.29) is 6.04 Å². The van der Waals surface area contributed by atoms with Crippen LogP contribution in [-0.2, 0) is 0 Å². The van der Waals surface area contributed by atoms with Crippen molar-refractivity contribution in [1.82, 2.24) is 4.90 Å². The van der Waals surface area contributed by atoms with E-state index in [4.69, 9.17) is 9.47 Å². The van der Waals surface area contributed by atoms with Gasteiger partial charge in [-0.2, -0.15) is 0 Å². The molecule has 0 saturated heterocycles. The van der Waals surface area contributed by atoms with Crippen LogP contribution in [0.1, 0.15) is 18.5 Å². The summed E-state index contributed by atoms with van der Waals surface area (Å²) < 4.78 is 10.9. The molecule has 1 atom stereocenters. The molecule has 0 aliphatic rings.